The fraction of sp³-hybridized carbons (Fsp3) is 0.263. The smallest absolute Gasteiger partial charge is 0.416 e. The van der Waals surface area contributed by atoms with Gasteiger partial charge in [0.15, 0.2) is 5.82 Å². The van der Waals surface area contributed by atoms with E-state index in [-0.39, 0.29) is 18.4 Å². The van der Waals surface area contributed by atoms with Crippen LogP contribution >= 0.6 is 11.6 Å². The first-order valence-corrected chi connectivity index (χ1v) is 8.77. The van der Waals surface area contributed by atoms with Crippen molar-refractivity contribution < 1.29 is 22.6 Å². The zero-order chi connectivity index (χ0) is 20.3. The van der Waals surface area contributed by atoms with Crippen LogP contribution in [0.5, 0.6) is 11.8 Å². The first kappa shape index (κ1) is 20.0. The van der Waals surface area contributed by atoms with Gasteiger partial charge in [-0.2, -0.15) is 18.2 Å². The van der Waals surface area contributed by atoms with Gasteiger partial charge in [-0.05, 0) is 37.3 Å². The van der Waals surface area contributed by atoms with Gasteiger partial charge in [-0.15, -0.1) is 5.10 Å². The van der Waals surface area contributed by atoms with Gasteiger partial charge in [-0.1, -0.05) is 23.7 Å². The maximum absolute atomic E-state index is 12.8. The van der Waals surface area contributed by atoms with Crippen molar-refractivity contribution in [3.8, 4) is 23.1 Å². The molecule has 0 saturated heterocycles. The molecule has 0 aliphatic carbocycles. The molecule has 148 valence electrons. The molecule has 0 radical (unpaired) electrons. The Kier molecular flexibility index (Phi) is 5.79. The molecule has 1 heterocycles. The van der Waals surface area contributed by atoms with Crippen molar-refractivity contribution in [1.82, 2.24) is 14.8 Å². The molecule has 0 unspecified atom stereocenters. The van der Waals surface area contributed by atoms with Crippen LogP contribution in [0, 0.1) is 0 Å². The van der Waals surface area contributed by atoms with Crippen molar-refractivity contribution >= 4 is 11.6 Å². The van der Waals surface area contributed by atoms with Gasteiger partial charge in [0.05, 0.1) is 25.8 Å². The topological polar surface area (TPSA) is 49.2 Å². The van der Waals surface area contributed by atoms with Crippen molar-refractivity contribution in [2.45, 2.75) is 19.6 Å². The quantitative estimate of drug-likeness (QED) is 0.568. The van der Waals surface area contributed by atoms with Crippen LogP contribution in [0.25, 0.3) is 11.4 Å². The monoisotopic (exact) mass is 411 g/mol. The summed E-state index contributed by atoms with van der Waals surface area (Å²) < 4.78 is 50.7. The number of aromatic nitrogens is 3. The van der Waals surface area contributed by atoms with Gasteiger partial charge < -0.3 is 9.47 Å². The van der Waals surface area contributed by atoms with E-state index in [4.69, 9.17) is 21.1 Å². The van der Waals surface area contributed by atoms with Crippen LogP contribution < -0.4 is 9.47 Å². The van der Waals surface area contributed by atoms with Crippen LogP contribution in [-0.2, 0) is 12.7 Å². The predicted octanol–water partition coefficient (Wildman–Crippen LogP) is 5.07. The molecule has 0 saturated carbocycles. The summed E-state index contributed by atoms with van der Waals surface area (Å²) in [7, 11) is 1.55. The molecule has 1 aromatic heterocycles. The summed E-state index contributed by atoms with van der Waals surface area (Å²) in [6.45, 7) is 2.43. The molecule has 2 aromatic carbocycles. The van der Waals surface area contributed by atoms with E-state index in [1.807, 2.05) is 0 Å². The Bertz CT molecular complexity index is 956. The lowest BCUT2D eigenvalue weighted by atomic mass is 10.1. The lowest BCUT2D eigenvalue weighted by molar-refractivity contribution is -0.137. The fourth-order valence-corrected chi connectivity index (χ4v) is 2.82. The molecule has 0 spiro atoms. The summed E-state index contributed by atoms with van der Waals surface area (Å²) in [5, 5.41) is 4.93. The molecule has 9 heteroatoms. The maximum Gasteiger partial charge on any atom is 0.416 e. The number of hydrogen-bond acceptors (Lipinski definition) is 4. The van der Waals surface area contributed by atoms with Gasteiger partial charge >= 0.3 is 12.2 Å². The normalized spacial score (nSPS) is 11.5. The summed E-state index contributed by atoms with van der Waals surface area (Å²) in [4.78, 5) is 4.31. The Morgan fingerprint density at radius 3 is 2.43 bits per heavy atom. The van der Waals surface area contributed by atoms with Crippen LogP contribution in [-0.4, -0.2) is 28.5 Å². The molecule has 0 amide bonds. The summed E-state index contributed by atoms with van der Waals surface area (Å²) in [6.07, 6.45) is -4.40. The van der Waals surface area contributed by atoms with E-state index in [0.29, 0.717) is 22.9 Å². The molecular weight excluding hydrogens is 395 g/mol. The van der Waals surface area contributed by atoms with Gasteiger partial charge in [0.2, 0.25) is 0 Å². The molecule has 5 nitrogen and oxygen atoms in total. The summed E-state index contributed by atoms with van der Waals surface area (Å²) in [6, 6.07) is 10.1. The molecule has 0 N–H and O–H groups in total. The zero-order valence-electron chi connectivity index (χ0n) is 15.1. The lowest BCUT2D eigenvalue weighted by Crippen LogP contribution is -2.07. The molecular formula is C19H17ClF3N3O2. The molecule has 0 fully saturated rings. The Balaban J connectivity index is 1.95. The van der Waals surface area contributed by atoms with Crippen molar-refractivity contribution in [3.63, 3.8) is 0 Å². The third kappa shape index (κ3) is 4.39. The van der Waals surface area contributed by atoms with Crippen LogP contribution in [0.2, 0.25) is 5.02 Å². The standard InChI is InChI=1S/C19H17ClF3N3O2/c1-3-28-18-24-17(12-4-6-14(7-5-12)19(21,22)23)25-26(18)11-13-10-15(20)8-9-16(13)27-2/h4-10H,3,11H2,1-2H3. The Labute approximate surface area is 164 Å². The maximum atomic E-state index is 12.8. The molecule has 0 bridgehead atoms. The minimum absolute atomic E-state index is 0.249. The van der Waals surface area contributed by atoms with Crippen molar-refractivity contribution in [1.29, 1.82) is 0 Å². The van der Waals surface area contributed by atoms with E-state index < -0.39 is 11.7 Å². The Hall–Kier alpha value is -2.74. The molecule has 3 rings (SSSR count). The number of hydrogen-bond donors (Lipinski definition) is 0. The SMILES string of the molecule is CCOc1nc(-c2ccc(C(F)(F)F)cc2)nn1Cc1cc(Cl)ccc1OC. The van der Waals surface area contributed by atoms with Gasteiger partial charge in [-0.3, -0.25) is 0 Å². The second-order valence-electron chi connectivity index (χ2n) is 5.84. The predicted molar refractivity (Wildman–Crippen MR) is 98.7 cm³/mol. The highest BCUT2D eigenvalue weighted by molar-refractivity contribution is 6.30. The minimum atomic E-state index is -4.40. The molecule has 0 aliphatic rings. The van der Waals surface area contributed by atoms with E-state index in [2.05, 4.69) is 10.1 Å². The number of rotatable bonds is 6. The lowest BCUT2D eigenvalue weighted by Gasteiger charge is -2.10. The van der Waals surface area contributed by atoms with E-state index in [1.54, 1.807) is 32.2 Å². The summed E-state index contributed by atoms with van der Waals surface area (Å²) in [5.41, 5.74) is 0.481. The number of nitrogens with zero attached hydrogens (tertiary/aromatic N) is 3. The van der Waals surface area contributed by atoms with Gasteiger partial charge in [0.1, 0.15) is 5.75 Å². The highest BCUT2D eigenvalue weighted by atomic mass is 35.5. The fourth-order valence-electron chi connectivity index (χ4n) is 2.63. The number of ether oxygens (including phenoxy) is 2. The number of halogens is 4. The third-order valence-electron chi connectivity index (χ3n) is 3.94. The van der Waals surface area contributed by atoms with Crippen molar-refractivity contribution in [2.24, 2.45) is 0 Å². The van der Waals surface area contributed by atoms with E-state index >= 15 is 0 Å². The number of alkyl halides is 3. The average Bonchev–Trinajstić information content (AvgIpc) is 3.04. The van der Waals surface area contributed by atoms with Gasteiger partial charge in [0, 0.05) is 16.1 Å². The summed E-state index contributed by atoms with van der Waals surface area (Å²) in [5.74, 6) is 0.886. The molecule has 28 heavy (non-hydrogen) atoms. The molecule has 0 atom stereocenters. The second-order valence-corrected chi connectivity index (χ2v) is 6.28. The van der Waals surface area contributed by atoms with Crippen LogP contribution in [0.3, 0.4) is 0 Å². The highest BCUT2D eigenvalue weighted by Gasteiger charge is 2.30. The zero-order valence-corrected chi connectivity index (χ0v) is 15.9. The van der Waals surface area contributed by atoms with E-state index in [9.17, 15) is 13.2 Å². The van der Waals surface area contributed by atoms with Crippen molar-refractivity contribution in [3.05, 3.63) is 58.6 Å². The molecule has 3 aromatic rings. The first-order valence-electron chi connectivity index (χ1n) is 8.39. The van der Waals surface area contributed by atoms with E-state index in [0.717, 1.165) is 17.7 Å². The van der Waals surface area contributed by atoms with Crippen molar-refractivity contribution in [2.75, 3.05) is 13.7 Å². The van der Waals surface area contributed by atoms with Crippen LogP contribution in [0.15, 0.2) is 42.5 Å². The number of benzene rings is 2. The second kappa shape index (κ2) is 8.10. The first-order chi connectivity index (χ1) is 13.3. The largest absolute Gasteiger partial charge is 0.496 e. The van der Waals surface area contributed by atoms with Crippen LogP contribution in [0.1, 0.15) is 18.1 Å². The van der Waals surface area contributed by atoms with Gasteiger partial charge in [0.25, 0.3) is 0 Å². The number of methoxy groups -OCH3 is 1. The Morgan fingerprint density at radius 2 is 1.82 bits per heavy atom. The van der Waals surface area contributed by atoms with E-state index in [1.165, 1.54) is 16.8 Å². The highest BCUT2D eigenvalue weighted by Crippen LogP contribution is 2.31. The molecule has 0 aliphatic heterocycles. The minimum Gasteiger partial charge on any atom is -0.496 e. The van der Waals surface area contributed by atoms with Crippen LogP contribution in [0.4, 0.5) is 13.2 Å². The Morgan fingerprint density at radius 1 is 1.11 bits per heavy atom. The average molecular weight is 412 g/mol. The third-order valence-corrected chi connectivity index (χ3v) is 4.18. The van der Waals surface area contributed by atoms with Gasteiger partial charge in [-0.25, -0.2) is 4.68 Å². The summed E-state index contributed by atoms with van der Waals surface area (Å²) >= 11 is 6.07.